The summed E-state index contributed by atoms with van der Waals surface area (Å²) in [5.41, 5.74) is 0. The largest absolute Gasteiger partial charge is 0.372 e. The molecule has 0 aromatic heterocycles. The molecule has 0 aromatic carbocycles. The Balaban J connectivity index is 1.75. The minimum Gasteiger partial charge on any atom is -0.372 e. The third-order valence-electron chi connectivity index (χ3n) is 4.01. The summed E-state index contributed by atoms with van der Waals surface area (Å²) < 4.78 is 19.8. The highest BCUT2D eigenvalue weighted by molar-refractivity contribution is 5.47. The van der Waals surface area contributed by atoms with Crippen molar-refractivity contribution in [2.24, 2.45) is 0 Å². The molecule has 0 aromatic rings. The third-order valence-corrected chi connectivity index (χ3v) is 4.01. The average Bonchev–Trinajstić information content (AvgIpc) is 2.42. The lowest BCUT2D eigenvalue weighted by atomic mass is 10.0. The summed E-state index contributed by atoms with van der Waals surface area (Å²) in [5.74, 6) is 0. The molecule has 2 aliphatic heterocycles. The summed E-state index contributed by atoms with van der Waals surface area (Å²) in [7, 11) is 0. The van der Waals surface area contributed by atoms with Gasteiger partial charge in [0, 0.05) is 26.2 Å². The molecule has 0 bridgehead atoms. The predicted molar refractivity (Wildman–Crippen MR) is 67.2 cm³/mol. The number of likely N-dealkylation sites (tertiary alicyclic amines) is 2. The second-order valence-electron chi connectivity index (χ2n) is 5.21. The normalized spacial score (nSPS) is 31.6. The Kier molecular flexibility index (Phi) is 4.95. The van der Waals surface area contributed by atoms with Crippen molar-refractivity contribution in [1.82, 2.24) is 9.80 Å². The number of ether oxygens (including phenoxy) is 1. The van der Waals surface area contributed by atoms with Crippen LogP contribution in [0.3, 0.4) is 0 Å². The molecule has 2 unspecified atom stereocenters. The number of rotatable bonds is 4. The van der Waals surface area contributed by atoms with Crippen LogP contribution >= 0.6 is 0 Å². The molecule has 2 atom stereocenters. The number of carbonyl (C=O) groups is 1. The zero-order valence-corrected chi connectivity index (χ0v) is 11.1. The Morgan fingerprint density at radius 3 is 2.56 bits per heavy atom. The van der Waals surface area contributed by atoms with Crippen LogP contribution < -0.4 is 0 Å². The molecule has 104 valence electrons. The molecule has 0 saturated carbocycles. The number of hydrogen-bond donors (Lipinski definition) is 0. The molecular formula is C13H23FN2O2. The predicted octanol–water partition coefficient (Wildman–Crippen LogP) is 1.06. The average molecular weight is 258 g/mol. The quantitative estimate of drug-likeness (QED) is 0.707. The fraction of sp³-hybridized carbons (Fsp3) is 0.923. The maximum absolute atomic E-state index is 13.9. The molecule has 2 heterocycles. The molecule has 18 heavy (non-hydrogen) atoms. The van der Waals surface area contributed by atoms with Crippen molar-refractivity contribution >= 4 is 6.41 Å². The van der Waals surface area contributed by atoms with Crippen molar-refractivity contribution in [2.45, 2.75) is 44.6 Å². The zero-order chi connectivity index (χ0) is 13.0. The highest BCUT2D eigenvalue weighted by Gasteiger charge is 2.32. The first kappa shape index (κ1) is 13.7. The summed E-state index contributed by atoms with van der Waals surface area (Å²) >= 11 is 0. The van der Waals surface area contributed by atoms with Crippen molar-refractivity contribution in [1.29, 1.82) is 0 Å². The summed E-state index contributed by atoms with van der Waals surface area (Å²) in [6.45, 7) is 5.86. The van der Waals surface area contributed by atoms with Gasteiger partial charge in [-0.15, -0.1) is 0 Å². The fourth-order valence-corrected chi connectivity index (χ4v) is 2.75. The van der Waals surface area contributed by atoms with E-state index in [2.05, 4.69) is 11.8 Å². The van der Waals surface area contributed by atoms with Crippen LogP contribution in [0.1, 0.15) is 26.2 Å². The maximum Gasteiger partial charge on any atom is 0.209 e. The monoisotopic (exact) mass is 258 g/mol. The highest BCUT2D eigenvalue weighted by Crippen LogP contribution is 2.22. The lowest BCUT2D eigenvalue weighted by Crippen LogP contribution is -2.48. The van der Waals surface area contributed by atoms with Gasteiger partial charge in [-0.25, -0.2) is 4.39 Å². The van der Waals surface area contributed by atoms with Gasteiger partial charge in [0.25, 0.3) is 0 Å². The van der Waals surface area contributed by atoms with Gasteiger partial charge in [0.15, 0.2) is 0 Å². The van der Waals surface area contributed by atoms with Crippen molar-refractivity contribution < 1.29 is 13.9 Å². The molecule has 4 nitrogen and oxygen atoms in total. The van der Waals surface area contributed by atoms with Gasteiger partial charge in [-0.05, 0) is 25.8 Å². The van der Waals surface area contributed by atoms with Crippen LogP contribution in [0.4, 0.5) is 4.39 Å². The smallest absolute Gasteiger partial charge is 0.209 e. The first-order valence-corrected chi connectivity index (χ1v) is 6.94. The van der Waals surface area contributed by atoms with E-state index >= 15 is 0 Å². The molecule has 2 aliphatic rings. The minimum absolute atomic E-state index is 0.123. The Hall–Kier alpha value is -0.680. The second-order valence-corrected chi connectivity index (χ2v) is 5.21. The van der Waals surface area contributed by atoms with E-state index in [0.717, 1.165) is 51.9 Å². The molecule has 0 radical (unpaired) electrons. The number of piperidine rings is 2. The van der Waals surface area contributed by atoms with Crippen LogP contribution in [0, 0.1) is 0 Å². The molecule has 0 N–H and O–H groups in total. The molecule has 0 spiro atoms. The van der Waals surface area contributed by atoms with E-state index in [1.54, 1.807) is 4.90 Å². The molecule has 0 aliphatic carbocycles. The summed E-state index contributed by atoms with van der Waals surface area (Å²) in [6.07, 6.45) is 2.33. The number of hydrogen-bond acceptors (Lipinski definition) is 3. The summed E-state index contributed by atoms with van der Waals surface area (Å²) in [4.78, 5) is 14.5. The van der Waals surface area contributed by atoms with Crippen LogP contribution in [0.2, 0.25) is 0 Å². The summed E-state index contributed by atoms with van der Waals surface area (Å²) in [5, 5.41) is 0. The third kappa shape index (κ3) is 3.42. The number of carbonyl (C=O) groups excluding carboxylic acids is 1. The van der Waals surface area contributed by atoms with E-state index in [-0.39, 0.29) is 12.2 Å². The second kappa shape index (κ2) is 6.48. The fourth-order valence-electron chi connectivity index (χ4n) is 2.75. The first-order chi connectivity index (χ1) is 8.72. The van der Waals surface area contributed by atoms with E-state index in [1.165, 1.54) is 0 Å². The Labute approximate surface area is 108 Å². The standard InChI is InChI=1S/C13H23FN2O2/c1-2-15-8-5-13(12(14)9-15)18-11-3-6-16(10-17)7-4-11/h10-13H,2-9H2,1H3. The van der Waals surface area contributed by atoms with E-state index in [0.29, 0.717) is 6.54 Å². The number of halogens is 1. The number of alkyl halides is 1. The van der Waals surface area contributed by atoms with Gasteiger partial charge in [0.1, 0.15) is 6.17 Å². The molecule has 2 fully saturated rings. The lowest BCUT2D eigenvalue weighted by Gasteiger charge is -2.37. The number of amides is 1. The van der Waals surface area contributed by atoms with Crippen molar-refractivity contribution in [3.63, 3.8) is 0 Å². The Bertz CT molecular complexity index is 270. The van der Waals surface area contributed by atoms with E-state index in [1.807, 2.05) is 0 Å². The molecule has 2 rings (SSSR count). The minimum atomic E-state index is -0.872. The van der Waals surface area contributed by atoms with Gasteiger partial charge in [0.05, 0.1) is 12.2 Å². The Morgan fingerprint density at radius 2 is 2.00 bits per heavy atom. The zero-order valence-electron chi connectivity index (χ0n) is 11.1. The van der Waals surface area contributed by atoms with Crippen LogP contribution in [0.15, 0.2) is 0 Å². The van der Waals surface area contributed by atoms with Gasteiger partial charge in [0.2, 0.25) is 6.41 Å². The topological polar surface area (TPSA) is 32.8 Å². The van der Waals surface area contributed by atoms with Crippen LogP contribution in [-0.2, 0) is 9.53 Å². The van der Waals surface area contributed by atoms with Crippen molar-refractivity contribution in [3.05, 3.63) is 0 Å². The van der Waals surface area contributed by atoms with Crippen molar-refractivity contribution in [2.75, 3.05) is 32.7 Å². The molecular weight excluding hydrogens is 235 g/mol. The first-order valence-electron chi connectivity index (χ1n) is 6.94. The summed E-state index contributed by atoms with van der Waals surface area (Å²) in [6, 6.07) is 0. The van der Waals surface area contributed by atoms with E-state index < -0.39 is 6.17 Å². The van der Waals surface area contributed by atoms with Crippen LogP contribution in [0.25, 0.3) is 0 Å². The molecule has 1 amide bonds. The van der Waals surface area contributed by atoms with Crippen LogP contribution in [-0.4, -0.2) is 67.3 Å². The van der Waals surface area contributed by atoms with Gasteiger partial charge in [-0.1, -0.05) is 6.92 Å². The molecule has 2 saturated heterocycles. The van der Waals surface area contributed by atoms with Gasteiger partial charge < -0.3 is 14.5 Å². The van der Waals surface area contributed by atoms with Crippen LogP contribution in [0.5, 0.6) is 0 Å². The maximum atomic E-state index is 13.9. The van der Waals surface area contributed by atoms with Gasteiger partial charge in [-0.2, -0.15) is 0 Å². The van der Waals surface area contributed by atoms with Gasteiger partial charge in [-0.3, -0.25) is 4.79 Å². The number of nitrogens with zero attached hydrogens (tertiary/aromatic N) is 2. The van der Waals surface area contributed by atoms with E-state index in [4.69, 9.17) is 4.74 Å². The molecule has 5 heteroatoms. The lowest BCUT2D eigenvalue weighted by molar-refractivity contribution is -0.125. The Morgan fingerprint density at radius 1 is 1.28 bits per heavy atom. The highest BCUT2D eigenvalue weighted by atomic mass is 19.1. The SMILES string of the molecule is CCN1CCC(OC2CCN(C=O)CC2)C(F)C1. The van der Waals surface area contributed by atoms with E-state index in [9.17, 15) is 9.18 Å². The van der Waals surface area contributed by atoms with Gasteiger partial charge >= 0.3 is 0 Å². The van der Waals surface area contributed by atoms with Crippen molar-refractivity contribution in [3.8, 4) is 0 Å².